The van der Waals surface area contributed by atoms with Gasteiger partial charge in [-0.2, -0.15) is 0 Å². The van der Waals surface area contributed by atoms with E-state index < -0.39 is 0 Å². The maximum absolute atomic E-state index is 5.96. The Labute approximate surface area is 105 Å². The van der Waals surface area contributed by atoms with Crippen LogP contribution in [-0.4, -0.2) is 51.3 Å². The zero-order chi connectivity index (χ0) is 13.0. The van der Waals surface area contributed by atoms with Crippen molar-refractivity contribution in [1.29, 1.82) is 0 Å². The highest BCUT2D eigenvalue weighted by Gasteiger charge is 2.43. The highest BCUT2D eigenvalue weighted by Crippen LogP contribution is 2.27. The van der Waals surface area contributed by atoms with E-state index in [1.165, 1.54) is 0 Å². The summed E-state index contributed by atoms with van der Waals surface area (Å²) in [5.41, 5.74) is 0. The molecule has 4 nitrogen and oxygen atoms in total. The summed E-state index contributed by atoms with van der Waals surface area (Å²) in [7, 11) is 3.39. The predicted octanol–water partition coefficient (Wildman–Crippen LogP) is 1.86. The summed E-state index contributed by atoms with van der Waals surface area (Å²) >= 11 is 0. The fourth-order valence-electron chi connectivity index (χ4n) is 2.36. The van der Waals surface area contributed by atoms with Gasteiger partial charge in [-0.3, -0.25) is 0 Å². The lowest BCUT2D eigenvalue weighted by atomic mass is 9.95. The molecule has 0 aromatic heterocycles. The van der Waals surface area contributed by atoms with Crippen molar-refractivity contribution in [3.63, 3.8) is 0 Å². The summed E-state index contributed by atoms with van der Waals surface area (Å²) in [4.78, 5) is 0. The van der Waals surface area contributed by atoms with E-state index in [0.717, 1.165) is 0 Å². The zero-order valence-corrected chi connectivity index (χ0v) is 11.8. The second kappa shape index (κ2) is 6.69. The first-order valence-electron chi connectivity index (χ1n) is 6.33. The van der Waals surface area contributed by atoms with Crippen LogP contribution >= 0.6 is 0 Å². The molecule has 0 saturated carbocycles. The van der Waals surface area contributed by atoms with Crippen molar-refractivity contribution in [2.45, 2.75) is 58.2 Å². The number of rotatable bonds is 5. The van der Waals surface area contributed by atoms with Gasteiger partial charge in [-0.05, 0) is 19.8 Å². The second-order valence-corrected chi connectivity index (χ2v) is 5.14. The molecule has 1 saturated heterocycles. The highest BCUT2D eigenvalue weighted by molar-refractivity contribution is 4.92. The van der Waals surface area contributed by atoms with Crippen LogP contribution in [0.2, 0.25) is 0 Å². The maximum Gasteiger partial charge on any atom is 0.115 e. The van der Waals surface area contributed by atoms with Gasteiger partial charge in [0.1, 0.15) is 18.3 Å². The number of ether oxygens (including phenoxy) is 4. The average molecular weight is 246 g/mol. The lowest BCUT2D eigenvalue weighted by molar-refractivity contribution is -0.241. The molecule has 0 aromatic carbocycles. The summed E-state index contributed by atoms with van der Waals surface area (Å²) in [5, 5.41) is 0. The van der Waals surface area contributed by atoms with Gasteiger partial charge in [0.2, 0.25) is 0 Å². The van der Waals surface area contributed by atoms with E-state index >= 15 is 0 Å². The fraction of sp³-hybridized carbons (Fsp3) is 1.00. The second-order valence-electron chi connectivity index (χ2n) is 5.14. The number of hydrogen-bond acceptors (Lipinski definition) is 4. The minimum atomic E-state index is -0.0742. The molecule has 102 valence electrons. The van der Waals surface area contributed by atoms with E-state index in [-0.39, 0.29) is 30.5 Å². The Hall–Kier alpha value is -0.160. The van der Waals surface area contributed by atoms with Gasteiger partial charge in [0.05, 0.1) is 12.2 Å². The van der Waals surface area contributed by atoms with Crippen molar-refractivity contribution in [3.05, 3.63) is 0 Å². The lowest BCUT2D eigenvalue weighted by Crippen LogP contribution is -2.58. The largest absolute Gasteiger partial charge is 0.376 e. The fourth-order valence-corrected chi connectivity index (χ4v) is 2.36. The van der Waals surface area contributed by atoms with Crippen LogP contribution in [0.5, 0.6) is 0 Å². The van der Waals surface area contributed by atoms with Crippen LogP contribution in [-0.2, 0) is 18.9 Å². The van der Waals surface area contributed by atoms with Gasteiger partial charge in [0.25, 0.3) is 0 Å². The van der Waals surface area contributed by atoms with Crippen molar-refractivity contribution in [1.82, 2.24) is 0 Å². The molecule has 17 heavy (non-hydrogen) atoms. The van der Waals surface area contributed by atoms with Gasteiger partial charge < -0.3 is 18.9 Å². The third-order valence-electron chi connectivity index (χ3n) is 3.17. The van der Waals surface area contributed by atoms with E-state index in [1.54, 1.807) is 14.2 Å². The minimum absolute atomic E-state index is 0.0264. The molecule has 1 fully saturated rings. The quantitative estimate of drug-likeness (QED) is 0.742. The summed E-state index contributed by atoms with van der Waals surface area (Å²) in [5.74, 6) is 0.499. The van der Waals surface area contributed by atoms with Gasteiger partial charge in [0, 0.05) is 20.8 Å². The summed E-state index contributed by atoms with van der Waals surface area (Å²) in [6.45, 7) is 9.01. The Bertz CT molecular complexity index is 203. The molecule has 0 spiro atoms. The molecule has 0 bridgehead atoms. The van der Waals surface area contributed by atoms with Crippen LogP contribution in [0.15, 0.2) is 0 Å². The Morgan fingerprint density at radius 1 is 0.941 bits per heavy atom. The van der Waals surface area contributed by atoms with Crippen molar-refractivity contribution < 1.29 is 18.9 Å². The maximum atomic E-state index is 5.96. The first kappa shape index (κ1) is 14.9. The first-order chi connectivity index (χ1) is 8.01. The van der Waals surface area contributed by atoms with Gasteiger partial charge in [-0.1, -0.05) is 13.8 Å². The van der Waals surface area contributed by atoms with Gasteiger partial charge in [-0.25, -0.2) is 0 Å². The zero-order valence-electron chi connectivity index (χ0n) is 11.8. The molecule has 0 aromatic rings. The van der Waals surface area contributed by atoms with Crippen LogP contribution < -0.4 is 0 Å². The van der Waals surface area contributed by atoms with E-state index in [0.29, 0.717) is 12.5 Å². The number of hydrogen-bond donors (Lipinski definition) is 0. The Balaban J connectivity index is 2.73. The topological polar surface area (TPSA) is 36.9 Å². The molecule has 5 atom stereocenters. The summed E-state index contributed by atoms with van der Waals surface area (Å²) in [6.07, 6.45) is -0.159. The third-order valence-corrected chi connectivity index (χ3v) is 3.17. The van der Waals surface area contributed by atoms with Gasteiger partial charge >= 0.3 is 0 Å². The monoisotopic (exact) mass is 246 g/mol. The molecule has 1 rings (SSSR count). The van der Waals surface area contributed by atoms with E-state index in [4.69, 9.17) is 18.9 Å². The first-order valence-corrected chi connectivity index (χ1v) is 6.33. The Kier molecular flexibility index (Phi) is 5.86. The van der Waals surface area contributed by atoms with Crippen molar-refractivity contribution in [2.75, 3.05) is 20.8 Å². The molecule has 0 aliphatic carbocycles. The lowest BCUT2D eigenvalue weighted by Gasteiger charge is -2.43. The molecule has 3 unspecified atom stereocenters. The molecule has 0 N–H and O–H groups in total. The Morgan fingerprint density at radius 3 is 1.76 bits per heavy atom. The standard InChI is InChI=1S/C13H26O4/c1-8(2)7-16-13-11(14-5)9(3)17-10(4)12(13)15-6/h8-13H,7H2,1-6H3/t9-,10?,11?,12-,13?/m0/s1. The SMILES string of the molecule is COC1C(OCC(C)C)[C@@H](OC)C(C)O[C@H]1C. The summed E-state index contributed by atoms with van der Waals surface area (Å²) < 4.78 is 22.8. The molecular formula is C13H26O4. The third kappa shape index (κ3) is 3.65. The normalized spacial score (nSPS) is 38.6. The highest BCUT2D eigenvalue weighted by atomic mass is 16.6. The van der Waals surface area contributed by atoms with E-state index in [2.05, 4.69) is 13.8 Å². The predicted molar refractivity (Wildman–Crippen MR) is 66.2 cm³/mol. The molecule has 4 heteroatoms. The van der Waals surface area contributed by atoms with E-state index in [1.807, 2.05) is 13.8 Å². The number of methoxy groups -OCH3 is 2. The van der Waals surface area contributed by atoms with E-state index in [9.17, 15) is 0 Å². The van der Waals surface area contributed by atoms with Gasteiger partial charge in [0.15, 0.2) is 0 Å². The van der Waals surface area contributed by atoms with Crippen molar-refractivity contribution in [2.24, 2.45) is 5.92 Å². The van der Waals surface area contributed by atoms with Crippen LogP contribution in [0, 0.1) is 5.92 Å². The molecule has 1 aliphatic rings. The smallest absolute Gasteiger partial charge is 0.115 e. The van der Waals surface area contributed by atoms with Crippen LogP contribution in [0.25, 0.3) is 0 Å². The van der Waals surface area contributed by atoms with Crippen molar-refractivity contribution >= 4 is 0 Å². The molecule has 0 amide bonds. The average Bonchev–Trinajstić information content (AvgIpc) is 2.25. The molecular weight excluding hydrogens is 220 g/mol. The molecule has 1 heterocycles. The van der Waals surface area contributed by atoms with Crippen molar-refractivity contribution in [3.8, 4) is 0 Å². The van der Waals surface area contributed by atoms with Crippen LogP contribution in [0.1, 0.15) is 27.7 Å². The molecule has 1 aliphatic heterocycles. The van der Waals surface area contributed by atoms with Crippen LogP contribution in [0.3, 0.4) is 0 Å². The molecule has 0 radical (unpaired) electrons. The Morgan fingerprint density at radius 2 is 1.41 bits per heavy atom. The minimum Gasteiger partial charge on any atom is -0.376 e. The van der Waals surface area contributed by atoms with Gasteiger partial charge in [-0.15, -0.1) is 0 Å². The summed E-state index contributed by atoms with van der Waals surface area (Å²) in [6, 6.07) is 0. The van der Waals surface area contributed by atoms with Crippen LogP contribution in [0.4, 0.5) is 0 Å².